The Kier molecular flexibility index (Phi) is 7.11. The van der Waals surface area contributed by atoms with Gasteiger partial charge in [-0.1, -0.05) is 36.1 Å². The van der Waals surface area contributed by atoms with Crippen molar-refractivity contribution in [3.63, 3.8) is 0 Å². The average Bonchev–Trinajstić information content (AvgIpc) is 3.32. The van der Waals surface area contributed by atoms with E-state index in [1.165, 1.54) is 22.3 Å². The first-order valence-corrected chi connectivity index (χ1v) is 15.4. The van der Waals surface area contributed by atoms with E-state index < -0.39 is 0 Å². The summed E-state index contributed by atoms with van der Waals surface area (Å²) in [7, 11) is 0. The van der Waals surface area contributed by atoms with Crippen molar-refractivity contribution >= 4 is 23.4 Å². The molecule has 2 saturated heterocycles. The first-order chi connectivity index (χ1) is 18.3. The minimum absolute atomic E-state index is 0.0859. The van der Waals surface area contributed by atoms with Crippen LogP contribution in [-0.2, 0) is 19.2 Å². The van der Waals surface area contributed by atoms with Crippen molar-refractivity contribution in [2.24, 2.45) is 35.5 Å². The predicted octanol–water partition coefficient (Wildman–Crippen LogP) is 4.87. The fraction of sp³-hybridized carbons (Fsp3) is 0.750. The highest BCUT2D eigenvalue weighted by Crippen LogP contribution is 2.53. The summed E-state index contributed by atoms with van der Waals surface area (Å²) in [5.74, 6) is 0.522. The van der Waals surface area contributed by atoms with Crippen LogP contribution in [0.4, 0.5) is 0 Å². The van der Waals surface area contributed by atoms with Crippen molar-refractivity contribution in [2.75, 3.05) is 26.2 Å². The van der Waals surface area contributed by atoms with Gasteiger partial charge in [0.05, 0.1) is 11.8 Å². The molecule has 6 rings (SSSR count). The van der Waals surface area contributed by atoms with Gasteiger partial charge in [-0.05, 0) is 76.0 Å². The summed E-state index contributed by atoms with van der Waals surface area (Å²) in [5.41, 5.74) is 5.09. The van der Waals surface area contributed by atoms with E-state index in [2.05, 4.69) is 13.8 Å². The maximum atomic E-state index is 14.4. The lowest BCUT2D eigenvalue weighted by Crippen LogP contribution is -2.36. The Morgan fingerprint density at radius 2 is 0.921 bits per heavy atom. The summed E-state index contributed by atoms with van der Waals surface area (Å²) in [6, 6.07) is 0. The number of rotatable bonds is 1. The number of Topliss-reactive ketones (excluding diaryl/α,β-unsaturated/α-hetero) is 2. The van der Waals surface area contributed by atoms with E-state index in [1.807, 2.05) is 9.80 Å². The molecule has 2 amide bonds. The third kappa shape index (κ3) is 4.50. The third-order valence-corrected chi connectivity index (χ3v) is 10.5. The van der Waals surface area contributed by atoms with E-state index in [9.17, 15) is 19.2 Å². The highest BCUT2D eigenvalue weighted by atomic mass is 16.2. The quantitative estimate of drug-likeness (QED) is 0.462. The SMILES string of the molecule is CC1CC(=O)N2CCCC3=C(C1)C(C1C(=O)C4CCCN5CCCC4=C1CC(C)CC5=O)C(=O)C3CCC2. The lowest BCUT2D eigenvalue weighted by molar-refractivity contribution is -0.134. The molecule has 0 spiro atoms. The van der Waals surface area contributed by atoms with Crippen LogP contribution in [-0.4, -0.2) is 59.4 Å². The van der Waals surface area contributed by atoms with Crippen LogP contribution in [0.25, 0.3) is 0 Å². The molecule has 38 heavy (non-hydrogen) atoms. The van der Waals surface area contributed by atoms with Gasteiger partial charge in [0, 0.05) is 50.9 Å². The molecule has 2 fully saturated rings. The van der Waals surface area contributed by atoms with Crippen LogP contribution in [0.2, 0.25) is 0 Å². The van der Waals surface area contributed by atoms with Gasteiger partial charge in [0.2, 0.25) is 11.8 Å². The number of carbonyl (C=O) groups excluding carboxylic acids is 4. The molecular formula is C32H44N2O4. The van der Waals surface area contributed by atoms with Crippen LogP contribution in [0.3, 0.4) is 0 Å². The molecule has 206 valence electrons. The van der Waals surface area contributed by atoms with E-state index in [-0.39, 0.29) is 58.9 Å². The number of hydrogen-bond donors (Lipinski definition) is 0. The van der Waals surface area contributed by atoms with Crippen molar-refractivity contribution in [3.05, 3.63) is 22.3 Å². The minimum atomic E-state index is -0.352. The van der Waals surface area contributed by atoms with Gasteiger partial charge < -0.3 is 9.80 Å². The molecule has 6 nitrogen and oxygen atoms in total. The summed E-state index contributed by atoms with van der Waals surface area (Å²) >= 11 is 0. The van der Waals surface area contributed by atoms with Crippen LogP contribution >= 0.6 is 0 Å². The molecule has 0 aromatic rings. The van der Waals surface area contributed by atoms with Crippen molar-refractivity contribution in [3.8, 4) is 0 Å². The summed E-state index contributed by atoms with van der Waals surface area (Å²) in [6.07, 6.45) is 9.39. The van der Waals surface area contributed by atoms with Crippen molar-refractivity contribution < 1.29 is 19.2 Å². The number of hydrogen-bond acceptors (Lipinski definition) is 4. The summed E-state index contributed by atoms with van der Waals surface area (Å²) in [4.78, 5) is 59.0. The number of carbonyl (C=O) groups is 4. The van der Waals surface area contributed by atoms with Crippen LogP contribution in [0.5, 0.6) is 0 Å². The molecule has 4 aliphatic heterocycles. The van der Waals surface area contributed by atoms with E-state index in [0.717, 1.165) is 90.4 Å². The molecule has 6 aliphatic rings. The van der Waals surface area contributed by atoms with Gasteiger partial charge in [-0.3, -0.25) is 19.2 Å². The molecule has 6 atom stereocenters. The summed E-state index contributed by atoms with van der Waals surface area (Å²) in [5, 5.41) is 0. The Hall–Kier alpha value is -2.24. The van der Waals surface area contributed by atoms with Gasteiger partial charge in [-0.2, -0.15) is 0 Å². The zero-order chi connectivity index (χ0) is 26.6. The molecule has 2 aliphatic carbocycles. The smallest absolute Gasteiger partial charge is 0.222 e. The van der Waals surface area contributed by atoms with Gasteiger partial charge >= 0.3 is 0 Å². The molecule has 6 unspecified atom stereocenters. The lowest BCUT2D eigenvalue weighted by Gasteiger charge is -2.30. The summed E-state index contributed by atoms with van der Waals surface area (Å²) < 4.78 is 0. The number of amides is 2. The Morgan fingerprint density at radius 3 is 1.34 bits per heavy atom. The molecule has 4 heterocycles. The second-order valence-electron chi connectivity index (χ2n) is 13.2. The molecule has 0 aromatic carbocycles. The first-order valence-electron chi connectivity index (χ1n) is 15.4. The second kappa shape index (κ2) is 10.4. The zero-order valence-electron chi connectivity index (χ0n) is 23.3. The summed E-state index contributed by atoms with van der Waals surface area (Å²) in [6.45, 7) is 7.32. The standard InChI is InChI=1S/C32H44N2O4/c1-19-15-25-21-7-3-11-33(27(35)17-19)13-5-9-23(21)31(37)29(25)30-26-16-20(2)18-28(36)34-12-4-8-22(26)24(32(30)38)10-6-14-34/h19-20,23-24,29-30H,3-18H2,1-2H3. The normalized spacial score (nSPS) is 37.0. The molecular weight excluding hydrogens is 476 g/mol. The lowest BCUT2D eigenvalue weighted by atomic mass is 9.74. The Bertz CT molecular complexity index is 1020. The fourth-order valence-corrected chi connectivity index (χ4v) is 8.88. The van der Waals surface area contributed by atoms with Gasteiger partial charge in [-0.15, -0.1) is 0 Å². The average molecular weight is 521 g/mol. The van der Waals surface area contributed by atoms with E-state index >= 15 is 0 Å². The van der Waals surface area contributed by atoms with Gasteiger partial charge in [0.1, 0.15) is 11.6 Å². The Morgan fingerprint density at radius 1 is 0.526 bits per heavy atom. The fourth-order valence-electron chi connectivity index (χ4n) is 8.88. The second-order valence-corrected chi connectivity index (χ2v) is 13.2. The van der Waals surface area contributed by atoms with Crippen molar-refractivity contribution in [1.82, 2.24) is 9.80 Å². The molecule has 0 saturated carbocycles. The van der Waals surface area contributed by atoms with Crippen LogP contribution < -0.4 is 0 Å². The van der Waals surface area contributed by atoms with Crippen LogP contribution in [0.15, 0.2) is 22.3 Å². The molecule has 4 bridgehead atoms. The molecule has 0 aromatic heterocycles. The maximum Gasteiger partial charge on any atom is 0.222 e. The molecule has 0 radical (unpaired) electrons. The number of allylic oxidation sites excluding steroid dienone is 4. The van der Waals surface area contributed by atoms with Crippen LogP contribution in [0.1, 0.15) is 90.9 Å². The highest BCUT2D eigenvalue weighted by molar-refractivity contribution is 6.01. The number of nitrogens with zero attached hydrogens (tertiary/aromatic N) is 2. The first kappa shape index (κ1) is 26.0. The van der Waals surface area contributed by atoms with E-state index in [4.69, 9.17) is 0 Å². The monoisotopic (exact) mass is 520 g/mol. The van der Waals surface area contributed by atoms with E-state index in [1.54, 1.807) is 0 Å². The number of ketones is 2. The predicted molar refractivity (Wildman–Crippen MR) is 145 cm³/mol. The third-order valence-electron chi connectivity index (χ3n) is 10.5. The molecule has 6 heteroatoms. The Labute approximate surface area is 227 Å². The van der Waals surface area contributed by atoms with Gasteiger partial charge in [0.25, 0.3) is 0 Å². The van der Waals surface area contributed by atoms with E-state index in [0.29, 0.717) is 12.8 Å². The Balaban J connectivity index is 1.44. The van der Waals surface area contributed by atoms with Crippen molar-refractivity contribution in [1.29, 1.82) is 0 Å². The highest BCUT2D eigenvalue weighted by Gasteiger charge is 2.53. The minimum Gasteiger partial charge on any atom is -0.343 e. The van der Waals surface area contributed by atoms with Crippen molar-refractivity contribution in [2.45, 2.75) is 90.9 Å². The van der Waals surface area contributed by atoms with Gasteiger partial charge in [0.15, 0.2) is 0 Å². The zero-order valence-corrected chi connectivity index (χ0v) is 23.3. The number of fused-ring (bicyclic) bond motifs is 6. The largest absolute Gasteiger partial charge is 0.343 e. The van der Waals surface area contributed by atoms with Gasteiger partial charge in [-0.25, -0.2) is 0 Å². The molecule has 0 N–H and O–H groups in total. The maximum absolute atomic E-state index is 14.4. The topological polar surface area (TPSA) is 74.8 Å². The van der Waals surface area contributed by atoms with Crippen LogP contribution in [0, 0.1) is 35.5 Å².